The second-order valence-corrected chi connectivity index (χ2v) is 16.4. The Hall–Kier alpha value is -9.67. The van der Waals surface area contributed by atoms with Gasteiger partial charge in [-0.1, -0.05) is 109 Å². The van der Waals surface area contributed by atoms with E-state index in [0.717, 1.165) is 77.5 Å². The van der Waals surface area contributed by atoms with Crippen molar-refractivity contribution in [3.05, 3.63) is 228 Å². The molecule has 0 atom stereocenters. The zero-order valence-corrected chi connectivity index (χ0v) is 35.7. The van der Waals surface area contributed by atoms with Crippen LogP contribution in [0.2, 0.25) is 0 Å². The van der Waals surface area contributed by atoms with Gasteiger partial charge in [0, 0.05) is 32.7 Å². The van der Waals surface area contributed by atoms with E-state index < -0.39 is 11.7 Å². The van der Waals surface area contributed by atoms with E-state index >= 15 is 0 Å². The van der Waals surface area contributed by atoms with E-state index in [9.17, 15) is 23.7 Å². The van der Waals surface area contributed by atoms with Gasteiger partial charge in [0.15, 0.2) is 11.4 Å². The minimum absolute atomic E-state index is 0.0766. The van der Waals surface area contributed by atoms with E-state index in [2.05, 4.69) is 43.1 Å². The number of hydrogen-bond acceptors (Lipinski definition) is 2. The van der Waals surface area contributed by atoms with E-state index in [1.807, 2.05) is 127 Å². The number of hydrogen-bond donors (Lipinski definition) is 0. The normalized spacial score (nSPS) is 11.4. The van der Waals surface area contributed by atoms with Gasteiger partial charge in [-0.05, 0) is 112 Å². The fraction of sp³-hybridized carbons (Fsp3) is 0.0169. The molecule has 6 nitrogen and oxygen atoms in total. The van der Waals surface area contributed by atoms with Gasteiger partial charge in [0.25, 0.3) is 0 Å². The van der Waals surface area contributed by atoms with Gasteiger partial charge in [0.1, 0.15) is 0 Å². The molecule has 0 unspecified atom stereocenters. The number of aromatic nitrogens is 2. The van der Waals surface area contributed by atoms with Crippen molar-refractivity contribution in [3.63, 3.8) is 0 Å². The molecule has 0 aliphatic carbocycles. The molecule has 0 aliphatic rings. The lowest BCUT2D eigenvalue weighted by atomic mass is 9.93. The quantitative estimate of drug-likeness (QED) is 0.156. The maximum Gasteiger partial charge on any atom is 0.417 e. The van der Waals surface area contributed by atoms with Crippen LogP contribution in [-0.2, 0) is 6.18 Å². The van der Waals surface area contributed by atoms with Gasteiger partial charge in [-0.15, -0.1) is 0 Å². The second kappa shape index (κ2) is 16.1. The monoisotopic (exact) mass is 880 g/mol. The molecule has 68 heavy (non-hydrogen) atoms. The summed E-state index contributed by atoms with van der Waals surface area (Å²) in [5, 5.41) is 23.8. The van der Waals surface area contributed by atoms with Gasteiger partial charge in [0.05, 0.1) is 75.4 Å². The first-order valence-corrected chi connectivity index (χ1v) is 21.5. The molecular formula is C59H31F3N6. The fourth-order valence-corrected chi connectivity index (χ4v) is 9.56. The summed E-state index contributed by atoms with van der Waals surface area (Å²) in [5.41, 5.74) is 10.3. The SMILES string of the molecule is [C-]#[N+]c1cccc(-c2ccc3c(c2)c2ccccc2n3-c2cc(C#N)ccc2-c2ccc(-c3ccc(C#N)cc3C(F)(F)F)cc2-n2c3ccccc3c3cc(-c4cccc([N+]#[C-])c4)ccc32)c1. The maximum absolute atomic E-state index is 14.9. The van der Waals surface area contributed by atoms with Crippen LogP contribution in [-0.4, -0.2) is 9.13 Å². The van der Waals surface area contributed by atoms with Crippen molar-refractivity contribution in [2.45, 2.75) is 6.18 Å². The van der Waals surface area contributed by atoms with Crippen LogP contribution in [0.25, 0.3) is 109 Å². The average Bonchev–Trinajstić information content (AvgIpc) is 3.90. The molecular weight excluding hydrogens is 850 g/mol. The minimum Gasteiger partial charge on any atom is -0.309 e. The predicted molar refractivity (Wildman–Crippen MR) is 264 cm³/mol. The average molecular weight is 881 g/mol. The molecule has 11 rings (SSSR count). The lowest BCUT2D eigenvalue weighted by Crippen LogP contribution is -2.08. The van der Waals surface area contributed by atoms with Gasteiger partial charge < -0.3 is 9.13 Å². The number of rotatable bonds is 6. The largest absolute Gasteiger partial charge is 0.417 e. The molecule has 0 saturated carbocycles. The molecule has 0 radical (unpaired) electrons. The summed E-state index contributed by atoms with van der Waals surface area (Å²) in [6.45, 7) is 15.2. The van der Waals surface area contributed by atoms with Crippen LogP contribution in [0.15, 0.2) is 188 Å². The molecule has 9 heteroatoms. The molecule has 0 N–H and O–H groups in total. The summed E-state index contributed by atoms with van der Waals surface area (Å²) in [5.74, 6) is 0. The Balaban J connectivity index is 1.22. The second-order valence-electron chi connectivity index (χ2n) is 16.4. The Morgan fingerprint density at radius 1 is 0.397 bits per heavy atom. The van der Waals surface area contributed by atoms with Crippen LogP contribution in [0.1, 0.15) is 16.7 Å². The van der Waals surface area contributed by atoms with Gasteiger partial charge in [-0.2, -0.15) is 23.7 Å². The number of fused-ring (bicyclic) bond motifs is 6. The van der Waals surface area contributed by atoms with Crippen molar-refractivity contribution in [1.82, 2.24) is 9.13 Å². The lowest BCUT2D eigenvalue weighted by Gasteiger charge is -2.21. The standard InChI is InChI=1S/C59H31F3N6/c1-65-43-11-7-9-38(29-43)40-20-25-55-50(31-40)46-13-3-5-15-53(46)67(55)57-28-37(35-64)18-23-48(57)49-24-19-42(45-22-17-36(34-63)27-52(45)59(60,61)62)33-58(49)68-54-16-6-4-14-47(54)51-32-41(21-26-56(51)68)39-10-8-12-44(30-39)66-2/h3-33H. The highest BCUT2D eigenvalue weighted by Gasteiger charge is 2.34. The number of para-hydroxylation sites is 2. The third-order valence-electron chi connectivity index (χ3n) is 12.6. The smallest absolute Gasteiger partial charge is 0.309 e. The summed E-state index contributed by atoms with van der Waals surface area (Å²) >= 11 is 0. The number of benzene rings is 9. The Kier molecular flexibility index (Phi) is 9.72. The van der Waals surface area contributed by atoms with Gasteiger partial charge in [0.2, 0.25) is 0 Å². The van der Waals surface area contributed by atoms with Gasteiger partial charge in [-0.25, -0.2) is 9.69 Å². The molecule has 0 saturated heterocycles. The molecule has 0 bridgehead atoms. The number of nitriles is 2. The predicted octanol–water partition coefficient (Wildman–Crippen LogP) is 16.4. The molecule has 11 aromatic rings. The van der Waals surface area contributed by atoms with Crippen molar-refractivity contribution >= 4 is 55.0 Å². The van der Waals surface area contributed by atoms with Crippen molar-refractivity contribution in [2.24, 2.45) is 0 Å². The third-order valence-corrected chi connectivity index (χ3v) is 12.6. The van der Waals surface area contributed by atoms with Crippen molar-refractivity contribution in [3.8, 4) is 68.0 Å². The molecule has 0 fully saturated rings. The Morgan fingerprint density at radius 2 is 0.838 bits per heavy atom. The highest BCUT2D eigenvalue weighted by Crippen LogP contribution is 2.45. The summed E-state index contributed by atoms with van der Waals surface area (Å²) in [6.07, 6.45) is -4.76. The minimum atomic E-state index is -4.76. The zero-order valence-electron chi connectivity index (χ0n) is 35.7. The summed E-state index contributed by atoms with van der Waals surface area (Å²) in [6, 6.07) is 61.8. The molecule has 0 amide bonds. The molecule has 2 heterocycles. The Labute approximate surface area is 388 Å². The molecule has 9 aromatic carbocycles. The first kappa shape index (κ1) is 41.1. The highest BCUT2D eigenvalue weighted by atomic mass is 19.4. The van der Waals surface area contributed by atoms with E-state index in [1.54, 1.807) is 30.3 Å². The van der Waals surface area contributed by atoms with Gasteiger partial charge in [-0.3, -0.25) is 0 Å². The van der Waals surface area contributed by atoms with Crippen LogP contribution >= 0.6 is 0 Å². The Morgan fingerprint density at radius 3 is 1.35 bits per heavy atom. The summed E-state index contributed by atoms with van der Waals surface area (Å²) < 4.78 is 49.0. The van der Waals surface area contributed by atoms with Crippen LogP contribution in [0.5, 0.6) is 0 Å². The summed E-state index contributed by atoms with van der Waals surface area (Å²) in [7, 11) is 0. The van der Waals surface area contributed by atoms with Crippen LogP contribution in [0.3, 0.4) is 0 Å². The fourth-order valence-electron chi connectivity index (χ4n) is 9.56. The van der Waals surface area contributed by atoms with Crippen molar-refractivity contribution in [1.29, 1.82) is 10.5 Å². The van der Waals surface area contributed by atoms with E-state index in [4.69, 9.17) is 13.1 Å². The zero-order chi connectivity index (χ0) is 46.7. The maximum atomic E-state index is 14.9. The lowest BCUT2D eigenvalue weighted by molar-refractivity contribution is -0.137. The number of halogens is 3. The third kappa shape index (κ3) is 6.79. The van der Waals surface area contributed by atoms with E-state index in [0.29, 0.717) is 39.4 Å². The molecule has 2 aromatic heterocycles. The van der Waals surface area contributed by atoms with Gasteiger partial charge >= 0.3 is 6.18 Å². The van der Waals surface area contributed by atoms with Crippen LogP contribution in [0.4, 0.5) is 24.5 Å². The van der Waals surface area contributed by atoms with Crippen LogP contribution in [0, 0.1) is 35.8 Å². The number of nitrogens with zero attached hydrogens (tertiary/aromatic N) is 6. The highest BCUT2D eigenvalue weighted by molar-refractivity contribution is 6.13. The van der Waals surface area contributed by atoms with Crippen LogP contribution < -0.4 is 0 Å². The topological polar surface area (TPSA) is 66.2 Å². The van der Waals surface area contributed by atoms with E-state index in [1.165, 1.54) is 12.1 Å². The van der Waals surface area contributed by atoms with Crippen molar-refractivity contribution in [2.75, 3.05) is 0 Å². The molecule has 0 spiro atoms. The first-order valence-electron chi connectivity index (χ1n) is 21.5. The summed E-state index contributed by atoms with van der Waals surface area (Å²) in [4.78, 5) is 7.28. The Bertz CT molecular complexity index is 4090. The molecule has 318 valence electrons. The number of alkyl halides is 3. The van der Waals surface area contributed by atoms with Crippen molar-refractivity contribution < 1.29 is 13.2 Å². The molecule has 0 aliphatic heterocycles. The van der Waals surface area contributed by atoms with E-state index in [-0.39, 0.29) is 11.1 Å². The first-order chi connectivity index (χ1) is 33.1.